The molecule has 0 aliphatic heterocycles. The van der Waals surface area contributed by atoms with Crippen molar-refractivity contribution in [1.82, 2.24) is 14.1 Å². The number of aryl methyl sites for hydroxylation is 1. The van der Waals surface area contributed by atoms with Crippen LogP contribution in [-0.2, 0) is 7.05 Å². The molecule has 0 saturated heterocycles. The van der Waals surface area contributed by atoms with E-state index in [4.69, 9.17) is 11.6 Å². The number of H-pyrrole nitrogens is 1. The van der Waals surface area contributed by atoms with Crippen molar-refractivity contribution in [2.45, 2.75) is 0 Å². The van der Waals surface area contributed by atoms with E-state index in [0.29, 0.717) is 16.4 Å². The highest BCUT2D eigenvalue weighted by Crippen LogP contribution is 2.18. The van der Waals surface area contributed by atoms with E-state index in [1.165, 1.54) is 35.0 Å². The molecular formula is C20H14ClFN4O3. The molecule has 0 fully saturated rings. The van der Waals surface area contributed by atoms with Gasteiger partial charge < -0.3 is 14.9 Å². The molecule has 146 valence electrons. The van der Waals surface area contributed by atoms with Crippen molar-refractivity contribution in [3.05, 3.63) is 92.0 Å². The van der Waals surface area contributed by atoms with Crippen LogP contribution in [-0.4, -0.2) is 20.0 Å². The average molecular weight is 413 g/mol. The van der Waals surface area contributed by atoms with Crippen LogP contribution < -0.4 is 16.6 Å². The van der Waals surface area contributed by atoms with Crippen LogP contribution in [0, 0.1) is 5.82 Å². The number of benzene rings is 2. The van der Waals surface area contributed by atoms with Gasteiger partial charge in [0.2, 0.25) is 0 Å². The first-order chi connectivity index (χ1) is 13.8. The van der Waals surface area contributed by atoms with Crippen LogP contribution in [0.15, 0.2) is 64.3 Å². The number of amides is 1. The normalized spacial score (nSPS) is 11.0. The fraction of sp³-hybridized carbons (Fsp3) is 0.0500. The minimum atomic E-state index is -0.688. The lowest BCUT2D eigenvalue weighted by Gasteiger charge is -2.07. The molecule has 4 aromatic rings. The Bertz CT molecular complexity index is 1350. The molecule has 0 atom stereocenters. The molecule has 0 aliphatic rings. The number of aromatic nitrogens is 3. The molecule has 0 saturated carbocycles. The number of rotatable bonds is 3. The number of hydrogen-bond acceptors (Lipinski definition) is 3. The maximum Gasteiger partial charge on any atom is 0.333 e. The first-order valence-corrected chi connectivity index (χ1v) is 8.90. The topological polar surface area (TPSA) is 88.9 Å². The average Bonchev–Trinajstić information content (AvgIpc) is 3.01. The second kappa shape index (κ2) is 7.06. The summed E-state index contributed by atoms with van der Waals surface area (Å²) in [5.74, 6) is -0.971. The summed E-state index contributed by atoms with van der Waals surface area (Å²) in [4.78, 5) is 40.9. The fourth-order valence-electron chi connectivity index (χ4n) is 3.10. The zero-order valence-electron chi connectivity index (χ0n) is 15.1. The van der Waals surface area contributed by atoms with Gasteiger partial charge >= 0.3 is 5.69 Å². The Hall–Kier alpha value is -3.65. The van der Waals surface area contributed by atoms with E-state index in [1.807, 2.05) is 0 Å². The summed E-state index contributed by atoms with van der Waals surface area (Å²) < 4.78 is 15.5. The number of nitrogens with one attached hydrogen (secondary N) is 2. The van der Waals surface area contributed by atoms with E-state index in [0.717, 1.165) is 4.57 Å². The Balaban J connectivity index is 1.83. The highest BCUT2D eigenvalue weighted by Gasteiger charge is 2.20. The summed E-state index contributed by atoms with van der Waals surface area (Å²) in [6.07, 6.45) is 1.45. The molecule has 2 aromatic heterocycles. The minimum absolute atomic E-state index is 0.115. The second-order valence-corrected chi connectivity index (χ2v) is 6.82. The second-order valence-electron chi connectivity index (χ2n) is 6.39. The summed E-state index contributed by atoms with van der Waals surface area (Å²) in [6, 6.07) is 11.5. The molecule has 2 N–H and O–H groups in total. The molecule has 0 radical (unpaired) electrons. The summed E-state index contributed by atoms with van der Waals surface area (Å²) in [5.41, 5.74) is -0.145. The van der Waals surface area contributed by atoms with Crippen molar-refractivity contribution in [2.24, 2.45) is 7.05 Å². The van der Waals surface area contributed by atoms with Gasteiger partial charge in [0.15, 0.2) is 0 Å². The smallest absolute Gasteiger partial charge is 0.333 e. The molecule has 0 unspecified atom stereocenters. The fourth-order valence-corrected chi connectivity index (χ4v) is 3.23. The third kappa shape index (κ3) is 3.34. The van der Waals surface area contributed by atoms with Gasteiger partial charge in [0.25, 0.3) is 11.5 Å². The Labute approximate surface area is 168 Å². The number of nitrogens with zero attached hydrogens (tertiary/aromatic N) is 2. The highest BCUT2D eigenvalue weighted by atomic mass is 35.5. The maximum atomic E-state index is 13.0. The summed E-state index contributed by atoms with van der Waals surface area (Å²) >= 11 is 5.87. The molecule has 2 aromatic carbocycles. The number of fused-ring (bicyclic) bond motifs is 1. The number of aromatic amines is 1. The van der Waals surface area contributed by atoms with Crippen molar-refractivity contribution in [3.63, 3.8) is 0 Å². The number of anilines is 1. The Morgan fingerprint density at radius 3 is 2.38 bits per heavy atom. The van der Waals surface area contributed by atoms with E-state index in [2.05, 4.69) is 10.3 Å². The Kier molecular flexibility index (Phi) is 4.56. The predicted molar refractivity (Wildman–Crippen MR) is 108 cm³/mol. The van der Waals surface area contributed by atoms with Crippen molar-refractivity contribution < 1.29 is 9.18 Å². The van der Waals surface area contributed by atoms with E-state index >= 15 is 0 Å². The SMILES string of the molecule is Cn1cc(C(=O)Nc2ccc(F)cc2)c2[nH]c(=O)n(-c3ccc(Cl)cc3)c(=O)c21. The number of hydrogen-bond donors (Lipinski definition) is 2. The van der Waals surface area contributed by atoms with Gasteiger partial charge in [0.05, 0.1) is 16.8 Å². The molecule has 0 aliphatic carbocycles. The van der Waals surface area contributed by atoms with Crippen molar-refractivity contribution in [1.29, 1.82) is 0 Å². The Morgan fingerprint density at radius 2 is 1.72 bits per heavy atom. The van der Waals surface area contributed by atoms with Gasteiger partial charge in [-0.25, -0.2) is 13.8 Å². The molecule has 0 bridgehead atoms. The largest absolute Gasteiger partial charge is 0.344 e. The summed E-state index contributed by atoms with van der Waals surface area (Å²) in [5, 5.41) is 3.09. The standard InChI is InChI=1S/C20H14ClFN4O3/c1-25-10-15(18(27)23-13-6-4-12(22)5-7-13)16-17(25)19(28)26(20(29)24-16)14-8-2-11(21)3-9-14/h2-10H,1H3,(H,23,27)(H,24,29). The Morgan fingerprint density at radius 1 is 1.07 bits per heavy atom. The third-order valence-electron chi connectivity index (χ3n) is 4.45. The first kappa shape index (κ1) is 18.7. The highest BCUT2D eigenvalue weighted by molar-refractivity contribution is 6.30. The van der Waals surface area contributed by atoms with Crippen LogP contribution in [0.4, 0.5) is 10.1 Å². The van der Waals surface area contributed by atoms with Crippen LogP contribution in [0.1, 0.15) is 10.4 Å². The lowest BCUT2D eigenvalue weighted by atomic mass is 10.2. The molecule has 9 heteroatoms. The van der Waals surface area contributed by atoms with Crippen LogP contribution >= 0.6 is 11.6 Å². The van der Waals surface area contributed by atoms with Gasteiger partial charge in [-0.3, -0.25) is 9.59 Å². The van der Waals surface area contributed by atoms with E-state index in [9.17, 15) is 18.8 Å². The molecule has 29 heavy (non-hydrogen) atoms. The van der Waals surface area contributed by atoms with Crippen LogP contribution in [0.5, 0.6) is 0 Å². The lowest BCUT2D eigenvalue weighted by molar-refractivity contribution is 0.102. The maximum absolute atomic E-state index is 13.0. The van der Waals surface area contributed by atoms with E-state index in [-0.39, 0.29) is 16.6 Å². The number of halogens is 2. The van der Waals surface area contributed by atoms with Crippen LogP contribution in [0.2, 0.25) is 5.02 Å². The molecule has 4 rings (SSSR count). The van der Waals surface area contributed by atoms with Crippen LogP contribution in [0.3, 0.4) is 0 Å². The molecule has 0 spiro atoms. The predicted octanol–water partition coefficient (Wildman–Crippen LogP) is 3.06. The molecule has 2 heterocycles. The van der Waals surface area contributed by atoms with Crippen molar-refractivity contribution in [3.8, 4) is 5.69 Å². The van der Waals surface area contributed by atoms with Gasteiger partial charge in [0, 0.05) is 24.0 Å². The third-order valence-corrected chi connectivity index (χ3v) is 4.71. The first-order valence-electron chi connectivity index (χ1n) is 8.52. The lowest BCUT2D eigenvalue weighted by Crippen LogP contribution is -2.34. The van der Waals surface area contributed by atoms with Gasteiger partial charge in [-0.1, -0.05) is 11.6 Å². The number of carbonyl (C=O) groups is 1. The number of carbonyl (C=O) groups excluding carboxylic acids is 1. The monoisotopic (exact) mass is 412 g/mol. The zero-order chi connectivity index (χ0) is 20.7. The summed E-state index contributed by atoms with van der Waals surface area (Å²) in [6.45, 7) is 0. The van der Waals surface area contributed by atoms with E-state index < -0.39 is 23.0 Å². The van der Waals surface area contributed by atoms with Gasteiger partial charge in [-0.2, -0.15) is 0 Å². The van der Waals surface area contributed by atoms with Crippen molar-refractivity contribution in [2.75, 3.05) is 5.32 Å². The van der Waals surface area contributed by atoms with Crippen molar-refractivity contribution >= 4 is 34.2 Å². The molecule has 1 amide bonds. The van der Waals surface area contributed by atoms with Gasteiger partial charge in [0.1, 0.15) is 11.3 Å². The molecule has 7 nitrogen and oxygen atoms in total. The zero-order valence-corrected chi connectivity index (χ0v) is 15.8. The van der Waals surface area contributed by atoms with Gasteiger partial charge in [-0.15, -0.1) is 0 Å². The van der Waals surface area contributed by atoms with Gasteiger partial charge in [-0.05, 0) is 48.5 Å². The summed E-state index contributed by atoms with van der Waals surface area (Å²) in [7, 11) is 1.60. The van der Waals surface area contributed by atoms with Crippen LogP contribution in [0.25, 0.3) is 16.7 Å². The minimum Gasteiger partial charge on any atom is -0.344 e. The molecular weight excluding hydrogens is 399 g/mol. The van der Waals surface area contributed by atoms with E-state index in [1.54, 1.807) is 31.3 Å². The quantitative estimate of drug-likeness (QED) is 0.542.